The molecule has 6 heteroatoms. The van der Waals surface area contributed by atoms with Crippen LogP contribution in [0.5, 0.6) is 0 Å². The number of rotatable bonds is 4. The summed E-state index contributed by atoms with van der Waals surface area (Å²) in [5, 5.41) is 2.73. The Morgan fingerprint density at radius 1 is 1.27 bits per heavy atom. The topological polar surface area (TPSA) is 67.2 Å². The normalized spacial score (nSPS) is 16.6. The van der Waals surface area contributed by atoms with E-state index in [4.69, 9.17) is 0 Å². The van der Waals surface area contributed by atoms with Gasteiger partial charge in [0.15, 0.2) is 0 Å². The van der Waals surface area contributed by atoms with Crippen molar-refractivity contribution in [1.82, 2.24) is 19.8 Å². The van der Waals surface area contributed by atoms with E-state index in [1.807, 2.05) is 38.2 Å². The largest absolute Gasteiger partial charge is 0.347 e. The maximum Gasteiger partial charge on any atom is 0.241 e. The summed E-state index contributed by atoms with van der Waals surface area (Å²) in [5.41, 5.74) is -0.0593. The number of piperidine rings is 1. The van der Waals surface area contributed by atoms with Crippen LogP contribution in [0.4, 0.5) is 0 Å². The number of imidazole rings is 1. The minimum absolute atomic E-state index is 0.00587. The van der Waals surface area contributed by atoms with Crippen LogP contribution in [0.25, 0.3) is 0 Å². The number of hydrogen-bond acceptors (Lipinski definition) is 3. The molecule has 1 aromatic rings. The Labute approximate surface area is 131 Å². The minimum atomic E-state index is -0.0610. The summed E-state index contributed by atoms with van der Waals surface area (Å²) < 4.78 is 2.10. The fourth-order valence-electron chi connectivity index (χ4n) is 2.73. The van der Waals surface area contributed by atoms with E-state index >= 15 is 0 Å². The van der Waals surface area contributed by atoms with Gasteiger partial charge in [-0.25, -0.2) is 4.98 Å². The lowest BCUT2D eigenvalue weighted by Gasteiger charge is -2.32. The van der Waals surface area contributed by atoms with Crippen molar-refractivity contribution < 1.29 is 9.59 Å². The van der Waals surface area contributed by atoms with Crippen molar-refractivity contribution in [3.63, 3.8) is 0 Å². The summed E-state index contributed by atoms with van der Waals surface area (Å²) >= 11 is 0. The van der Waals surface area contributed by atoms with Gasteiger partial charge in [0.25, 0.3) is 0 Å². The summed E-state index contributed by atoms with van der Waals surface area (Å²) in [6.45, 7) is 7.60. The predicted octanol–water partition coefficient (Wildman–Crippen LogP) is 1.60. The van der Waals surface area contributed by atoms with E-state index in [2.05, 4.69) is 14.9 Å². The fraction of sp³-hybridized carbons (Fsp3) is 0.688. The molecule has 1 N–H and O–H groups in total. The smallest absolute Gasteiger partial charge is 0.241 e. The second-order valence-electron chi connectivity index (χ2n) is 7.14. The van der Waals surface area contributed by atoms with Crippen LogP contribution < -0.4 is 5.32 Å². The van der Waals surface area contributed by atoms with Crippen molar-refractivity contribution in [2.24, 2.45) is 5.41 Å². The monoisotopic (exact) mass is 306 g/mol. The minimum Gasteiger partial charge on any atom is -0.347 e. The number of likely N-dealkylation sites (tertiary alicyclic amines) is 1. The lowest BCUT2D eigenvalue weighted by molar-refractivity contribution is -0.134. The maximum atomic E-state index is 12.2. The van der Waals surface area contributed by atoms with E-state index < -0.39 is 0 Å². The first-order valence-electron chi connectivity index (χ1n) is 7.87. The lowest BCUT2D eigenvalue weighted by atomic mass is 9.92. The fourth-order valence-corrected chi connectivity index (χ4v) is 2.73. The van der Waals surface area contributed by atoms with Crippen LogP contribution in [0.1, 0.15) is 46.1 Å². The van der Waals surface area contributed by atoms with E-state index in [0.29, 0.717) is 12.5 Å². The molecule has 0 spiro atoms. The number of nitrogens with one attached hydrogen (secondary N) is 1. The molecule has 2 rings (SSSR count). The molecule has 0 radical (unpaired) electrons. The van der Waals surface area contributed by atoms with Gasteiger partial charge in [-0.15, -0.1) is 0 Å². The van der Waals surface area contributed by atoms with Gasteiger partial charge in [0.2, 0.25) is 11.8 Å². The van der Waals surface area contributed by atoms with E-state index in [1.165, 1.54) is 0 Å². The molecule has 0 atom stereocenters. The van der Waals surface area contributed by atoms with Gasteiger partial charge >= 0.3 is 0 Å². The molecule has 1 saturated heterocycles. The highest BCUT2D eigenvalue weighted by Gasteiger charge is 2.24. The van der Waals surface area contributed by atoms with Crippen molar-refractivity contribution in [1.29, 1.82) is 0 Å². The van der Waals surface area contributed by atoms with Crippen molar-refractivity contribution in [2.45, 2.75) is 46.1 Å². The van der Waals surface area contributed by atoms with Gasteiger partial charge in [-0.05, 0) is 18.3 Å². The molecule has 1 aliphatic rings. The van der Waals surface area contributed by atoms with Gasteiger partial charge in [-0.3, -0.25) is 9.59 Å². The molecule has 2 heterocycles. The number of aromatic nitrogens is 2. The zero-order valence-corrected chi connectivity index (χ0v) is 13.7. The first-order chi connectivity index (χ1) is 10.3. The first-order valence-corrected chi connectivity index (χ1v) is 7.87. The third-order valence-corrected chi connectivity index (χ3v) is 3.89. The Balaban J connectivity index is 1.72. The van der Waals surface area contributed by atoms with Gasteiger partial charge in [-0.2, -0.15) is 0 Å². The second kappa shape index (κ2) is 6.94. The van der Waals surface area contributed by atoms with Crippen molar-refractivity contribution in [3.05, 3.63) is 18.7 Å². The quantitative estimate of drug-likeness (QED) is 0.919. The predicted molar refractivity (Wildman–Crippen MR) is 84.2 cm³/mol. The SMILES string of the molecule is CC(C)(C)CC(=O)NCC(=O)N1CCC(n2ccnc2)CC1. The third kappa shape index (κ3) is 4.86. The Bertz CT molecular complexity index is 497. The molecule has 0 aliphatic carbocycles. The summed E-state index contributed by atoms with van der Waals surface area (Å²) in [4.78, 5) is 29.8. The number of amides is 2. The molecular weight excluding hydrogens is 280 g/mol. The highest BCUT2D eigenvalue weighted by molar-refractivity contribution is 5.85. The molecule has 1 fully saturated rings. The number of hydrogen-bond donors (Lipinski definition) is 1. The van der Waals surface area contributed by atoms with E-state index in [-0.39, 0.29) is 23.8 Å². The van der Waals surface area contributed by atoms with Crippen LogP contribution in [0.3, 0.4) is 0 Å². The molecule has 22 heavy (non-hydrogen) atoms. The van der Waals surface area contributed by atoms with Crippen molar-refractivity contribution in [3.8, 4) is 0 Å². The van der Waals surface area contributed by atoms with Crippen LogP contribution in [-0.4, -0.2) is 45.9 Å². The van der Waals surface area contributed by atoms with Crippen LogP contribution >= 0.6 is 0 Å². The van der Waals surface area contributed by atoms with E-state index in [9.17, 15) is 9.59 Å². The van der Waals surface area contributed by atoms with E-state index in [1.54, 1.807) is 6.20 Å². The second-order valence-corrected chi connectivity index (χ2v) is 7.14. The average Bonchev–Trinajstić information content (AvgIpc) is 2.97. The van der Waals surface area contributed by atoms with Gasteiger partial charge in [-0.1, -0.05) is 20.8 Å². The van der Waals surface area contributed by atoms with Crippen LogP contribution in [-0.2, 0) is 9.59 Å². The molecule has 0 bridgehead atoms. The summed E-state index contributed by atoms with van der Waals surface area (Å²) in [7, 11) is 0. The molecule has 0 saturated carbocycles. The molecule has 2 amide bonds. The maximum absolute atomic E-state index is 12.2. The zero-order chi connectivity index (χ0) is 16.2. The standard InChI is InChI=1S/C16H26N4O2/c1-16(2,3)10-14(21)18-11-15(22)19-7-4-13(5-8-19)20-9-6-17-12-20/h6,9,12-13H,4-5,7-8,10-11H2,1-3H3,(H,18,21). The molecule has 0 unspecified atom stereocenters. The molecule has 122 valence electrons. The molecule has 1 aliphatic heterocycles. The average molecular weight is 306 g/mol. The highest BCUT2D eigenvalue weighted by atomic mass is 16.2. The molecular formula is C16H26N4O2. The summed E-state index contributed by atoms with van der Waals surface area (Å²) in [6, 6.07) is 0.419. The first kappa shape index (κ1) is 16.5. The van der Waals surface area contributed by atoms with Gasteiger partial charge < -0.3 is 14.8 Å². The van der Waals surface area contributed by atoms with Crippen LogP contribution in [0, 0.1) is 5.41 Å². The molecule has 6 nitrogen and oxygen atoms in total. The number of carbonyl (C=O) groups excluding carboxylic acids is 2. The Kier molecular flexibility index (Phi) is 5.21. The van der Waals surface area contributed by atoms with Crippen molar-refractivity contribution in [2.75, 3.05) is 19.6 Å². The Hall–Kier alpha value is -1.85. The Morgan fingerprint density at radius 2 is 1.95 bits per heavy atom. The van der Waals surface area contributed by atoms with E-state index in [0.717, 1.165) is 25.9 Å². The highest BCUT2D eigenvalue weighted by Crippen LogP contribution is 2.22. The number of carbonyl (C=O) groups is 2. The number of nitrogens with zero attached hydrogens (tertiary/aromatic N) is 3. The van der Waals surface area contributed by atoms with Crippen LogP contribution in [0.15, 0.2) is 18.7 Å². The van der Waals surface area contributed by atoms with Crippen LogP contribution in [0.2, 0.25) is 0 Å². The molecule has 1 aromatic heterocycles. The third-order valence-electron chi connectivity index (χ3n) is 3.89. The zero-order valence-electron chi connectivity index (χ0n) is 13.7. The van der Waals surface area contributed by atoms with Crippen molar-refractivity contribution >= 4 is 11.8 Å². The Morgan fingerprint density at radius 3 is 2.50 bits per heavy atom. The van der Waals surface area contributed by atoms with Gasteiger partial charge in [0.05, 0.1) is 12.9 Å². The molecule has 0 aromatic carbocycles. The van der Waals surface area contributed by atoms with Gasteiger partial charge in [0.1, 0.15) is 0 Å². The van der Waals surface area contributed by atoms with Gasteiger partial charge in [0, 0.05) is 37.9 Å². The summed E-state index contributed by atoms with van der Waals surface area (Å²) in [5.74, 6) is -0.0551. The lowest BCUT2D eigenvalue weighted by Crippen LogP contribution is -2.44. The summed E-state index contributed by atoms with van der Waals surface area (Å²) in [6.07, 6.45) is 7.87.